The first kappa shape index (κ1) is 16.1. The van der Waals surface area contributed by atoms with E-state index < -0.39 is 0 Å². The van der Waals surface area contributed by atoms with Crippen LogP contribution in [-0.2, 0) is 5.41 Å². The zero-order chi connectivity index (χ0) is 18.9. The summed E-state index contributed by atoms with van der Waals surface area (Å²) in [6, 6.07) is 30.3. The molecule has 1 heterocycles. The minimum absolute atomic E-state index is 0.358. The molecule has 4 aromatic carbocycles. The molecule has 4 aromatic rings. The molecule has 1 aliphatic heterocycles. The summed E-state index contributed by atoms with van der Waals surface area (Å²) in [6.07, 6.45) is 0. The Bertz CT molecular complexity index is 1230. The average Bonchev–Trinajstić information content (AvgIpc) is 2.99. The van der Waals surface area contributed by atoms with Crippen molar-refractivity contribution in [1.29, 1.82) is 0 Å². The molecular weight excluding hydrogens is 408 g/mol. The predicted molar refractivity (Wildman–Crippen MR) is 116 cm³/mol. The van der Waals surface area contributed by atoms with Crippen LogP contribution in [0.5, 0.6) is 11.5 Å². The number of para-hydroxylation sites is 2. The van der Waals surface area contributed by atoms with E-state index in [2.05, 4.69) is 108 Å². The summed E-state index contributed by atoms with van der Waals surface area (Å²) in [6.45, 7) is 2.16. The molecule has 2 heteroatoms. The van der Waals surface area contributed by atoms with Crippen molar-refractivity contribution in [1.82, 2.24) is 0 Å². The molecule has 0 bridgehead atoms. The number of hydrogen-bond donors (Lipinski definition) is 0. The van der Waals surface area contributed by atoms with Crippen molar-refractivity contribution < 1.29 is 4.74 Å². The summed E-state index contributed by atoms with van der Waals surface area (Å²) >= 11 is 3.75. The molecule has 2 aliphatic rings. The van der Waals surface area contributed by atoms with Gasteiger partial charge in [-0.15, -0.1) is 0 Å². The molecule has 0 N–H and O–H groups in total. The molecule has 1 aliphatic carbocycles. The van der Waals surface area contributed by atoms with Gasteiger partial charge in [0.15, 0.2) is 0 Å². The van der Waals surface area contributed by atoms with Gasteiger partial charge in [-0.3, -0.25) is 0 Å². The molecule has 1 spiro atoms. The van der Waals surface area contributed by atoms with Crippen LogP contribution in [0.3, 0.4) is 0 Å². The molecule has 28 heavy (non-hydrogen) atoms. The van der Waals surface area contributed by atoms with Gasteiger partial charge in [0.05, 0.1) is 5.41 Å². The van der Waals surface area contributed by atoms with E-state index in [1.54, 1.807) is 0 Å². The van der Waals surface area contributed by atoms with E-state index in [1.807, 2.05) is 0 Å². The molecule has 0 radical (unpaired) electrons. The van der Waals surface area contributed by atoms with Crippen LogP contribution in [0.4, 0.5) is 0 Å². The van der Waals surface area contributed by atoms with Crippen LogP contribution < -0.4 is 4.74 Å². The third-order valence-corrected chi connectivity index (χ3v) is 6.98. The maximum absolute atomic E-state index is 6.34. The first-order chi connectivity index (χ1) is 13.7. The van der Waals surface area contributed by atoms with Crippen molar-refractivity contribution in [2.24, 2.45) is 0 Å². The first-order valence-electron chi connectivity index (χ1n) is 9.48. The number of fused-ring (bicyclic) bond motifs is 9. The zero-order valence-corrected chi connectivity index (χ0v) is 17.0. The van der Waals surface area contributed by atoms with E-state index in [9.17, 15) is 0 Å². The van der Waals surface area contributed by atoms with Gasteiger partial charge in [-0.25, -0.2) is 0 Å². The van der Waals surface area contributed by atoms with Crippen molar-refractivity contribution in [3.63, 3.8) is 0 Å². The van der Waals surface area contributed by atoms with Crippen molar-refractivity contribution >= 4 is 15.9 Å². The Morgan fingerprint density at radius 2 is 1.21 bits per heavy atom. The monoisotopic (exact) mass is 424 g/mol. The van der Waals surface area contributed by atoms with Gasteiger partial charge in [0.2, 0.25) is 0 Å². The van der Waals surface area contributed by atoms with Crippen LogP contribution in [0.25, 0.3) is 11.1 Å². The number of rotatable bonds is 0. The molecule has 0 atom stereocenters. The Hall–Kier alpha value is -2.84. The maximum atomic E-state index is 6.34. The topological polar surface area (TPSA) is 9.23 Å². The largest absolute Gasteiger partial charge is 0.457 e. The molecule has 134 valence electrons. The first-order valence-corrected chi connectivity index (χ1v) is 10.3. The van der Waals surface area contributed by atoms with E-state index in [0.29, 0.717) is 0 Å². The summed E-state index contributed by atoms with van der Waals surface area (Å²) in [5, 5.41) is 0. The second kappa shape index (κ2) is 5.59. The summed E-state index contributed by atoms with van der Waals surface area (Å²) in [4.78, 5) is 0. The van der Waals surface area contributed by atoms with E-state index >= 15 is 0 Å². The van der Waals surface area contributed by atoms with Crippen LogP contribution in [-0.4, -0.2) is 0 Å². The van der Waals surface area contributed by atoms with Crippen molar-refractivity contribution in [3.8, 4) is 22.6 Å². The third kappa shape index (κ3) is 1.86. The number of aryl methyl sites for hydroxylation is 1. The lowest BCUT2D eigenvalue weighted by molar-refractivity contribution is 0.436. The summed E-state index contributed by atoms with van der Waals surface area (Å²) < 4.78 is 7.48. The zero-order valence-electron chi connectivity index (χ0n) is 15.4. The second-order valence-corrected chi connectivity index (χ2v) is 8.39. The van der Waals surface area contributed by atoms with E-state index in [-0.39, 0.29) is 5.41 Å². The fraction of sp³-hybridized carbons (Fsp3) is 0.0769. The van der Waals surface area contributed by atoms with Crippen molar-refractivity contribution in [3.05, 3.63) is 117 Å². The molecular formula is C26H17BrO. The minimum atomic E-state index is -0.358. The van der Waals surface area contributed by atoms with Gasteiger partial charge in [-0.1, -0.05) is 82.7 Å². The van der Waals surface area contributed by atoms with E-state index in [0.717, 1.165) is 16.0 Å². The van der Waals surface area contributed by atoms with Crippen LogP contribution in [0.15, 0.2) is 89.4 Å². The molecule has 1 nitrogen and oxygen atoms in total. The van der Waals surface area contributed by atoms with Crippen molar-refractivity contribution in [2.75, 3.05) is 0 Å². The highest BCUT2D eigenvalue weighted by Gasteiger charge is 2.50. The van der Waals surface area contributed by atoms with Gasteiger partial charge < -0.3 is 4.74 Å². The van der Waals surface area contributed by atoms with E-state index in [1.165, 1.54) is 38.9 Å². The van der Waals surface area contributed by atoms with Crippen LogP contribution in [0.1, 0.15) is 27.8 Å². The number of benzene rings is 4. The number of hydrogen-bond acceptors (Lipinski definition) is 1. The smallest absolute Gasteiger partial charge is 0.132 e. The summed E-state index contributed by atoms with van der Waals surface area (Å²) in [7, 11) is 0. The van der Waals surface area contributed by atoms with Gasteiger partial charge >= 0.3 is 0 Å². The fourth-order valence-electron chi connectivity index (χ4n) is 4.98. The van der Waals surface area contributed by atoms with Crippen LogP contribution in [0, 0.1) is 6.92 Å². The van der Waals surface area contributed by atoms with Crippen molar-refractivity contribution in [2.45, 2.75) is 12.3 Å². The highest BCUT2D eigenvalue weighted by atomic mass is 79.9. The third-order valence-electron chi connectivity index (χ3n) is 6.13. The van der Waals surface area contributed by atoms with Gasteiger partial charge in [-0.2, -0.15) is 0 Å². The highest BCUT2D eigenvalue weighted by Crippen LogP contribution is 2.62. The molecule has 0 saturated carbocycles. The number of ether oxygens (including phenoxy) is 1. The molecule has 0 saturated heterocycles. The molecule has 6 rings (SSSR count). The summed E-state index contributed by atoms with van der Waals surface area (Å²) in [5.74, 6) is 1.87. The van der Waals surface area contributed by atoms with Gasteiger partial charge in [0.25, 0.3) is 0 Å². The normalized spacial score (nSPS) is 14.6. The Kier molecular flexibility index (Phi) is 3.22. The van der Waals surface area contributed by atoms with E-state index in [4.69, 9.17) is 4.74 Å². The Balaban J connectivity index is 1.86. The Labute approximate surface area is 172 Å². The van der Waals surface area contributed by atoms with Gasteiger partial charge in [-0.05, 0) is 52.9 Å². The number of halogens is 1. The molecule has 0 aromatic heterocycles. The lowest BCUT2D eigenvalue weighted by atomic mass is 9.66. The Morgan fingerprint density at radius 1 is 0.643 bits per heavy atom. The van der Waals surface area contributed by atoms with Gasteiger partial charge in [0, 0.05) is 15.6 Å². The fourth-order valence-corrected chi connectivity index (χ4v) is 5.32. The average molecular weight is 425 g/mol. The lowest BCUT2D eigenvalue weighted by Crippen LogP contribution is -2.32. The molecule has 0 unspecified atom stereocenters. The second-order valence-electron chi connectivity index (χ2n) is 7.54. The van der Waals surface area contributed by atoms with Crippen LogP contribution >= 0.6 is 15.9 Å². The minimum Gasteiger partial charge on any atom is -0.457 e. The molecule has 0 amide bonds. The predicted octanol–water partition coefficient (Wildman–Crippen LogP) is 7.23. The quantitative estimate of drug-likeness (QED) is 0.250. The highest BCUT2D eigenvalue weighted by molar-refractivity contribution is 9.10. The molecule has 0 fully saturated rings. The summed E-state index contributed by atoms with van der Waals surface area (Å²) in [5.41, 5.74) is 8.55. The lowest BCUT2D eigenvalue weighted by Gasteiger charge is -2.39. The standard InChI is InChI=1S/C26H17BrO/c1-16-14-22-18(15-23(16)27)17-8-2-3-9-19(17)26(22)20-10-4-6-12-24(20)28-25-13-7-5-11-21(25)26/h2-15H,1H3. The van der Waals surface area contributed by atoms with Gasteiger partial charge in [0.1, 0.15) is 11.5 Å². The van der Waals surface area contributed by atoms with Crippen LogP contribution in [0.2, 0.25) is 0 Å². The SMILES string of the molecule is Cc1cc2c(cc1Br)-c1ccccc1C21c2ccccc2Oc2ccccc21. The Morgan fingerprint density at radius 3 is 1.89 bits per heavy atom. The maximum Gasteiger partial charge on any atom is 0.132 e.